The summed E-state index contributed by atoms with van der Waals surface area (Å²) in [6.45, 7) is 3.91. The lowest BCUT2D eigenvalue weighted by molar-refractivity contribution is 0.188. The van der Waals surface area contributed by atoms with Gasteiger partial charge < -0.3 is 5.73 Å². The molecule has 2 N–H and O–H groups in total. The number of rotatable bonds is 4. The number of nitrogens with two attached hydrogens (primary N) is 1. The lowest BCUT2D eigenvalue weighted by Gasteiger charge is -2.36. The van der Waals surface area contributed by atoms with Gasteiger partial charge >= 0.3 is 0 Å². The molecule has 1 saturated heterocycles. The van der Waals surface area contributed by atoms with Crippen molar-refractivity contribution < 1.29 is 4.21 Å². The van der Waals surface area contributed by atoms with E-state index in [2.05, 4.69) is 39.2 Å². The highest BCUT2D eigenvalue weighted by Crippen LogP contribution is 2.32. The molecule has 102 valence electrons. The molecular formula is C12H19BrN2OS2. The Morgan fingerprint density at radius 2 is 2.22 bits per heavy atom. The van der Waals surface area contributed by atoms with Crippen molar-refractivity contribution in [2.24, 2.45) is 5.73 Å². The van der Waals surface area contributed by atoms with E-state index in [-0.39, 0.29) is 12.1 Å². The molecule has 6 heteroatoms. The topological polar surface area (TPSA) is 46.3 Å². The van der Waals surface area contributed by atoms with Gasteiger partial charge in [0.25, 0.3) is 0 Å². The molecule has 0 aromatic carbocycles. The lowest BCUT2D eigenvalue weighted by Crippen LogP contribution is -2.46. The van der Waals surface area contributed by atoms with E-state index in [0.717, 1.165) is 35.5 Å². The number of hydrogen-bond donors (Lipinski definition) is 1. The molecule has 2 unspecified atom stereocenters. The summed E-state index contributed by atoms with van der Waals surface area (Å²) >= 11 is 5.26. The van der Waals surface area contributed by atoms with E-state index in [1.807, 2.05) is 0 Å². The molecule has 2 atom stereocenters. The van der Waals surface area contributed by atoms with Crippen LogP contribution < -0.4 is 5.73 Å². The van der Waals surface area contributed by atoms with Crippen molar-refractivity contribution >= 4 is 38.1 Å². The molecule has 0 bridgehead atoms. The highest BCUT2D eigenvalue weighted by atomic mass is 79.9. The molecule has 1 aromatic rings. The summed E-state index contributed by atoms with van der Waals surface area (Å²) in [5.41, 5.74) is 6.30. The summed E-state index contributed by atoms with van der Waals surface area (Å²) in [5.74, 6) is 1.55. The molecule has 1 aliphatic rings. The van der Waals surface area contributed by atoms with Crippen LogP contribution in [0.4, 0.5) is 0 Å². The molecule has 2 heterocycles. The fourth-order valence-corrected chi connectivity index (χ4v) is 5.03. The summed E-state index contributed by atoms with van der Waals surface area (Å²) in [6.07, 6.45) is 0.958. The second-order valence-corrected chi connectivity index (χ2v) is 8.12. The standard InChI is InChI=1S/C12H19BrN2OS2/c1-2-10(14)12(11-7-9(13)8-17-11)15-3-5-18(16)6-4-15/h7-8,10,12H,2-6,14H2,1H3. The van der Waals surface area contributed by atoms with Crippen LogP contribution in [0.3, 0.4) is 0 Å². The van der Waals surface area contributed by atoms with Crippen molar-refractivity contribution in [1.82, 2.24) is 4.90 Å². The molecule has 1 aromatic heterocycles. The first-order chi connectivity index (χ1) is 8.61. The molecule has 0 radical (unpaired) electrons. The van der Waals surface area contributed by atoms with Gasteiger partial charge in [-0.1, -0.05) is 6.92 Å². The van der Waals surface area contributed by atoms with Gasteiger partial charge in [-0.3, -0.25) is 9.11 Å². The quantitative estimate of drug-likeness (QED) is 0.906. The fraction of sp³-hybridized carbons (Fsp3) is 0.667. The van der Waals surface area contributed by atoms with E-state index >= 15 is 0 Å². The minimum atomic E-state index is -0.632. The maximum absolute atomic E-state index is 11.5. The van der Waals surface area contributed by atoms with Gasteiger partial charge in [0.05, 0.1) is 6.04 Å². The smallest absolute Gasteiger partial charge is 0.0594 e. The zero-order valence-electron chi connectivity index (χ0n) is 10.5. The van der Waals surface area contributed by atoms with Crippen molar-refractivity contribution in [1.29, 1.82) is 0 Å². The zero-order valence-corrected chi connectivity index (χ0v) is 13.7. The van der Waals surface area contributed by atoms with E-state index in [1.54, 1.807) is 11.3 Å². The normalized spacial score (nSPS) is 21.9. The van der Waals surface area contributed by atoms with Gasteiger partial charge in [0.2, 0.25) is 0 Å². The van der Waals surface area contributed by atoms with Gasteiger partial charge in [-0.2, -0.15) is 0 Å². The maximum atomic E-state index is 11.5. The Bertz CT molecular complexity index is 414. The second-order valence-electron chi connectivity index (χ2n) is 4.57. The van der Waals surface area contributed by atoms with Crippen LogP contribution in [0.5, 0.6) is 0 Å². The first-order valence-electron chi connectivity index (χ1n) is 6.20. The predicted molar refractivity (Wildman–Crippen MR) is 82.5 cm³/mol. The van der Waals surface area contributed by atoms with Gasteiger partial charge in [-0.25, -0.2) is 0 Å². The third-order valence-electron chi connectivity index (χ3n) is 3.36. The van der Waals surface area contributed by atoms with Crippen LogP contribution in [0.2, 0.25) is 0 Å². The number of thiophene rings is 1. The molecule has 3 nitrogen and oxygen atoms in total. The Kier molecular flexibility index (Phi) is 5.38. The summed E-state index contributed by atoms with van der Waals surface area (Å²) in [5, 5.41) is 2.10. The van der Waals surface area contributed by atoms with Crippen LogP contribution in [0.15, 0.2) is 15.9 Å². The van der Waals surface area contributed by atoms with Gasteiger partial charge in [0, 0.05) is 56.2 Å². The largest absolute Gasteiger partial charge is 0.326 e. The van der Waals surface area contributed by atoms with Crippen LogP contribution in [-0.2, 0) is 10.8 Å². The summed E-state index contributed by atoms with van der Waals surface area (Å²) in [4.78, 5) is 3.71. The van der Waals surface area contributed by atoms with Crippen molar-refractivity contribution in [3.8, 4) is 0 Å². The third kappa shape index (κ3) is 3.42. The highest BCUT2D eigenvalue weighted by molar-refractivity contribution is 9.10. The molecular weight excluding hydrogens is 332 g/mol. The summed E-state index contributed by atoms with van der Waals surface area (Å²) in [7, 11) is -0.632. The predicted octanol–water partition coefficient (Wildman–Crippen LogP) is 2.35. The fourth-order valence-electron chi connectivity index (χ4n) is 2.30. The average Bonchev–Trinajstić information content (AvgIpc) is 2.78. The molecule has 1 aliphatic heterocycles. The average molecular weight is 351 g/mol. The van der Waals surface area contributed by atoms with Crippen molar-refractivity contribution in [3.05, 3.63) is 20.8 Å². The minimum absolute atomic E-state index is 0.141. The lowest BCUT2D eigenvalue weighted by atomic mass is 10.0. The van der Waals surface area contributed by atoms with E-state index < -0.39 is 10.8 Å². The van der Waals surface area contributed by atoms with Crippen LogP contribution >= 0.6 is 27.3 Å². The summed E-state index contributed by atoms with van der Waals surface area (Å²) < 4.78 is 12.6. The maximum Gasteiger partial charge on any atom is 0.0594 e. The molecule has 0 aliphatic carbocycles. The Morgan fingerprint density at radius 1 is 1.56 bits per heavy atom. The molecule has 18 heavy (non-hydrogen) atoms. The SMILES string of the molecule is CCC(N)C(c1cc(Br)cs1)N1CCS(=O)CC1. The number of halogens is 1. The number of hydrogen-bond acceptors (Lipinski definition) is 4. The zero-order chi connectivity index (χ0) is 13.1. The Morgan fingerprint density at radius 3 is 2.72 bits per heavy atom. The van der Waals surface area contributed by atoms with Crippen LogP contribution in [0.1, 0.15) is 24.3 Å². The molecule has 0 spiro atoms. The van der Waals surface area contributed by atoms with Crippen LogP contribution in [0, 0.1) is 0 Å². The molecule has 0 amide bonds. The second kappa shape index (κ2) is 6.61. The van der Waals surface area contributed by atoms with Crippen molar-refractivity contribution in [3.63, 3.8) is 0 Å². The van der Waals surface area contributed by atoms with E-state index in [4.69, 9.17) is 5.73 Å². The van der Waals surface area contributed by atoms with Gasteiger partial charge in [0.1, 0.15) is 0 Å². The van der Waals surface area contributed by atoms with Gasteiger partial charge in [-0.15, -0.1) is 11.3 Å². The van der Waals surface area contributed by atoms with Gasteiger partial charge in [-0.05, 0) is 28.4 Å². The van der Waals surface area contributed by atoms with E-state index in [1.165, 1.54) is 4.88 Å². The third-order valence-corrected chi connectivity index (χ3v) is 6.40. The Balaban J connectivity index is 2.17. The first kappa shape index (κ1) is 14.7. The van der Waals surface area contributed by atoms with Crippen molar-refractivity contribution in [2.75, 3.05) is 24.6 Å². The monoisotopic (exact) mass is 350 g/mol. The molecule has 2 rings (SSSR count). The highest BCUT2D eigenvalue weighted by Gasteiger charge is 2.29. The van der Waals surface area contributed by atoms with Crippen molar-refractivity contribution in [2.45, 2.75) is 25.4 Å². The Labute approximate surface area is 123 Å². The van der Waals surface area contributed by atoms with E-state index in [9.17, 15) is 4.21 Å². The van der Waals surface area contributed by atoms with Gasteiger partial charge in [0.15, 0.2) is 0 Å². The summed E-state index contributed by atoms with van der Waals surface area (Å²) in [6, 6.07) is 2.57. The first-order valence-corrected chi connectivity index (χ1v) is 9.36. The van der Waals surface area contributed by atoms with E-state index in [0.29, 0.717) is 0 Å². The number of nitrogens with zero attached hydrogens (tertiary/aromatic N) is 1. The molecule has 0 saturated carbocycles. The molecule has 1 fully saturated rings. The van der Waals surface area contributed by atoms with Crippen LogP contribution in [0.25, 0.3) is 0 Å². The van der Waals surface area contributed by atoms with Crippen LogP contribution in [-0.4, -0.2) is 39.7 Å². The minimum Gasteiger partial charge on any atom is -0.326 e. The Hall–Kier alpha value is 0.250.